The largest absolute Gasteiger partial charge is 0.481 e. The zero-order valence-corrected chi connectivity index (χ0v) is 66.7. The van der Waals surface area contributed by atoms with Crippen molar-refractivity contribution in [1.29, 1.82) is 0 Å². The molecule has 32 nitrogen and oxygen atoms in total. The highest BCUT2D eigenvalue weighted by Gasteiger charge is 2.49. The van der Waals surface area contributed by atoms with Gasteiger partial charge in [0.25, 0.3) is 35.4 Å². The van der Waals surface area contributed by atoms with Gasteiger partial charge in [-0.3, -0.25) is 103 Å². The first kappa shape index (κ1) is 87.3. The number of aryl methyl sites for hydroxylation is 3. The van der Waals surface area contributed by atoms with Crippen molar-refractivity contribution in [2.24, 2.45) is 0 Å². The average Bonchev–Trinajstić information content (AvgIpc) is 1.62. The third kappa shape index (κ3) is 22.0. The maximum absolute atomic E-state index is 13.2. The van der Waals surface area contributed by atoms with E-state index in [9.17, 15) is 81.5 Å². The minimum Gasteiger partial charge on any atom is -0.481 e. The van der Waals surface area contributed by atoms with Crippen LogP contribution in [0.1, 0.15) is 255 Å². The van der Waals surface area contributed by atoms with Gasteiger partial charge in [0.05, 0.1) is 33.4 Å². The molecule has 6 fully saturated rings. The van der Waals surface area contributed by atoms with E-state index < -0.39 is 106 Å². The molecule has 32 heteroatoms. The van der Waals surface area contributed by atoms with E-state index in [0.717, 1.165) is 72.1 Å². The smallest absolute Gasteiger partial charge is 0.410 e. The maximum Gasteiger partial charge on any atom is 0.410 e. The molecule has 9 heterocycles. The number of imide groups is 6. The van der Waals surface area contributed by atoms with Crippen LogP contribution >= 0.6 is 0 Å². The Balaban J connectivity index is 0.000000182. The number of likely N-dealkylation sites (tertiary alicyclic amines) is 2. The Morgan fingerprint density at radius 2 is 0.754 bits per heavy atom. The van der Waals surface area contributed by atoms with E-state index in [0.29, 0.717) is 130 Å². The van der Waals surface area contributed by atoms with Gasteiger partial charge in [0.15, 0.2) is 0 Å². The van der Waals surface area contributed by atoms with Crippen molar-refractivity contribution >= 4 is 101 Å². The first-order valence-electron chi connectivity index (χ1n) is 39.6. The molecule has 3 aromatic rings. The number of unbranched alkanes of at least 4 members (excludes halogenated alkanes) is 3. The molecule has 9 aliphatic rings. The van der Waals surface area contributed by atoms with Crippen LogP contribution in [-0.2, 0) is 71.9 Å². The van der Waals surface area contributed by atoms with Crippen LogP contribution in [0.3, 0.4) is 0 Å². The number of ether oxygens (including phenoxy) is 2. The summed E-state index contributed by atoms with van der Waals surface area (Å²) >= 11 is 0. The number of carboxylic acid groups (broad SMARTS) is 1. The molecule has 0 aromatic heterocycles. The molecule has 616 valence electrons. The highest BCUT2D eigenvalue weighted by molar-refractivity contribution is 6.26. The van der Waals surface area contributed by atoms with Crippen LogP contribution in [0.5, 0.6) is 0 Å². The number of carbonyl (C=O) groups excluding carboxylic acids is 16. The number of hydrogen-bond acceptors (Lipinski definition) is 21. The van der Waals surface area contributed by atoms with E-state index >= 15 is 0 Å². The molecule has 0 spiro atoms. The van der Waals surface area contributed by atoms with Crippen LogP contribution in [0.2, 0.25) is 0 Å². The first-order chi connectivity index (χ1) is 54.1. The number of carboxylic acids is 1. The van der Waals surface area contributed by atoms with Gasteiger partial charge in [0, 0.05) is 96.9 Å². The lowest BCUT2D eigenvalue weighted by molar-refractivity contribution is -0.138. The molecule has 0 saturated carbocycles. The summed E-state index contributed by atoms with van der Waals surface area (Å²) in [6, 6.07) is 13.1. The molecule has 9 aliphatic heterocycles. The van der Waals surface area contributed by atoms with Gasteiger partial charge >= 0.3 is 18.2 Å². The van der Waals surface area contributed by atoms with E-state index in [1.54, 1.807) is 70.3 Å². The van der Waals surface area contributed by atoms with Crippen molar-refractivity contribution < 1.29 is 96.1 Å². The lowest BCUT2D eigenvalue weighted by atomic mass is 9.97. The Kier molecular flexibility index (Phi) is 29.8. The predicted octanol–water partition coefficient (Wildman–Crippen LogP) is 6.16. The predicted molar refractivity (Wildman–Crippen MR) is 412 cm³/mol. The number of nitrogens with zero attached hydrogens (tertiary/aromatic N) is 7. The molecular weight excluding hydrogens is 1470 g/mol. The number of fused-ring (bicyclic) bond motifs is 3. The lowest BCUT2D eigenvalue weighted by Crippen LogP contribution is -2.54. The van der Waals surface area contributed by atoms with E-state index in [1.165, 1.54) is 0 Å². The molecule has 0 aliphatic carbocycles. The molecule has 3 atom stereocenters. The molecule has 3 unspecified atom stereocenters. The number of carbonyl (C=O) groups is 17. The Labute approximate surface area is 663 Å². The highest BCUT2D eigenvalue weighted by atomic mass is 16.6. The maximum atomic E-state index is 13.2. The summed E-state index contributed by atoms with van der Waals surface area (Å²) in [6.07, 6.45) is 11.5. The van der Waals surface area contributed by atoms with E-state index in [4.69, 9.17) is 14.6 Å². The summed E-state index contributed by atoms with van der Waals surface area (Å²) < 4.78 is 10.8. The molecule has 16 amide bonds. The van der Waals surface area contributed by atoms with Crippen molar-refractivity contribution in [2.75, 3.05) is 60.4 Å². The van der Waals surface area contributed by atoms with E-state index in [-0.39, 0.29) is 97.7 Å². The van der Waals surface area contributed by atoms with Gasteiger partial charge in [-0.25, -0.2) is 9.59 Å². The van der Waals surface area contributed by atoms with Gasteiger partial charge in [0.1, 0.15) is 29.3 Å². The van der Waals surface area contributed by atoms with Gasteiger partial charge < -0.3 is 44.8 Å². The fourth-order valence-corrected chi connectivity index (χ4v) is 15.5. The van der Waals surface area contributed by atoms with Crippen LogP contribution in [0.15, 0.2) is 54.6 Å². The van der Waals surface area contributed by atoms with E-state index in [2.05, 4.69) is 26.6 Å². The molecular formula is C82H108N12O20. The van der Waals surface area contributed by atoms with Gasteiger partial charge in [0.2, 0.25) is 47.3 Å². The number of piperidine rings is 6. The number of rotatable bonds is 21. The van der Waals surface area contributed by atoms with Gasteiger partial charge in [-0.2, -0.15) is 0 Å². The fourth-order valence-electron chi connectivity index (χ4n) is 15.5. The molecule has 6 saturated heterocycles. The quantitative estimate of drug-likeness (QED) is 0.0513. The third-order valence-corrected chi connectivity index (χ3v) is 21.8. The monoisotopic (exact) mass is 1580 g/mol. The average molecular weight is 1580 g/mol. The van der Waals surface area contributed by atoms with Crippen molar-refractivity contribution in [3.05, 3.63) is 105 Å². The molecule has 0 radical (unpaired) electrons. The minimum atomic E-state index is -0.998. The number of amides is 16. The van der Waals surface area contributed by atoms with Crippen LogP contribution in [0.25, 0.3) is 0 Å². The molecule has 3 aromatic carbocycles. The summed E-state index contributed by atoms with van der Waals surface area (Å²) in [5.74, 6) is -6.90. The van der Waals surface area contributed by atoms with Gasteiger partial charge in [-0.05, 0) is 212 Å². The molecule has 0 bridgehead atoms. The van der Waals surface area contributed by atoms with Gasteiger partial charge in [-0.15, -0.1) is 0 Å². The molecule has 12 rings (SSSR count). The second-order valence-corrected chi connectivity index (χ2v) is 32.1. The summed E-state index contributed by atoms with van der Waals surface area (Å²) in [5, 5.41) is 21.8. The van der Waals surface area contributed by atoms with Crippen molar-refractivity contribution in [3.8, 4) is 0 Å². The molecule has 6 N–H and O–H groups in total. The number of hydrogen-bond donors (Lipinski definition) is 6. The first-order valence-corrected chi connectivity index (χ1v) is 39.6. The normalized spacial score (nSPS) is 20.1. The Bertz CT molecular complexity index is 4220. The third-order valence-electron chi connectivity index (χ3n) is 21.8. The zero-order valence-electron chi connectivity index (χ0n) is 66.7. The van der Waals surface area contributed by atoms with Crippen LogP contribution in [0.4, 0.5) is 9.59 Å². The Hall–Kier alpha value is -10.6. The summed E-state index contributed by atoms with van der Waals surface area (Å²) in [6.45, 7) is 15.7. The van der Waals surface area contributed by atoms with Crippen LogP contribution in [0, 0.1) is 0 Å². The topological polar surface area (TPSA) is 412 Å². The van der Waals surface area contributed by atoms with Crippen molar-refractivity contribution in [3.63, 3.8) is 0 Å². The molecule has 114 heavy (non-hydrogen) atoms. The summed E-state index contributed by atoms with van der Waals surface area (Å²) in [4.78, 5) is 219. The highest BCUT2D eigenvalue weighted by Crippen LogP contribution is 2.35. The lowest BCUT2D eigenvalue weighted by Gasteiger charge is -2.37. The van der Waals surface area contributed by atoms with Crippen molar-refractivity contribution in [2.45, 2.75) is 243 Å². The summed E-state index contributed by atoms with van der Waals surface area (Å²) in [5.41, 5.74) is 2.91. The van der Waals surface area contributed by atoms with E-state index in [1.807, 2.05) is 66.6 Å². The van der Waals surface area contributed by atoms with Crippen LogP contribution < -0.4 is 26.6 Å². The Morgan fingerprint density at radius 1 is 0.439 bits per heavy atom. The van der Waals surface area contributed by atoms with Crippen LogP contribution in [-0.4, -0.2) is 248 Å². The number of benzene rings is 3. The van der Waals surface area contributed by atoms with Gasteiger partial charge in [-0.1, -0.05) is 36.4 Å². The minimum absolute atomic E-state index is 0.0318. The SMILES string of the molecule is CN(C(=O)CCCCc1cccc2c1C(=O)N(C1CCC(=O)NC1=O)C2=O)C1CCN(C(=O)OC(C)(C)C)CC1.CN(C(=O)CCCCc1cccc2c1C(=O)N(C1CCC(=O)NC1=O)C2=O)C1CCNCC1.CNC1CCN(C(=O)OC(C)(C)C)CC1.O=C(O)CCCCc1cccc2c1C(=O)N(C1CCC(=O)NC1=O)C2=O. The second-order valence-electron chi connectivity index (χ2n) is 32.1. The summed E-state index contributed by atoms with van der Waals surface area (Å²) in [7, 11) is 5.64. The Morgan fingerprint density at radius 3 is 1.06 bits per heavy atom. The van der Waals surface area contributed by atoms with Crippen molar-refractivity contribution in [1.82, 2.24) is 60.9 Å². The second kappa shape index (κ2) is 38.9. The number of aliphatic carboxylic acids is 1. The standard InChI is InChI=1S/C29H38N4O7.C24H30N4O5.C18H18N2O6.C11H22N2O2/c1-29(2,3)40-28(39)32-16-14-19(15-17-32)31(4)23(35)11-6-5-8-18-9-7-10-20-24(18)27(38)33(26(20)37)21-12-13-22(34)30-25(21)36;1-27(16-11-13-25-14-12-16)20(30)8-3-2-5-15-6-4-7-17-21(15)24(33)28(23(17)32)18-9-10-19(29)26-22(18)31;21-13-9-8-12(16(24)19-13)20-17(25)11-6-3-5-10(15(11)18(20)26)4-1-2-7-14(22)23;1-11(2,3)15-10(14)13-7-5-9(12-4)6-8-13/h7,9-10,19,21H,5-6,8,11-17H2,1-4H3,(H,30,34,36);4,6-7,16,18,25H,2-3,5,8-14H2,1H3,(H,26,29,31);3,5-6,12H,1-2,4,7-9H2,(H,22,23)(H,19,21,24);9,12H,5-8H2,1-4H3. The fraction of sp³-hybridized carbons (Fsp3) is 0.573. The number of nitrogens with one attached hydrogen (secondary N) is 5. The zero-order chi connectivity index (χ0) is 83.0.